The van der Waals surface area contributed by atoms with Crippen LogP contribution in [0.5, 0.6) is 0 Å². The summed E-state index contributed by atoms with van der Waals surface area (Å²) < 4.78 is 0. The minimum atomic E-state index is -0.0216. The summed E-state index contributed by atoms with van der Waals surface area (Å²) in [6, 6.07) is 15.0. The van der Waals surface area contributed by atoms with Crippen LogP contribution >= 0.6 is 11.6 Å². The third-order valence-corrected chi connectivity index (χ3v) is 2.95. The van der Waals surface area contributed by atoms with E-state index in [0.717, 1.165) is 16.8 Å². The zero-order valence-electron chi connectivity index (χ0n) is 10.1. The van der Waals surface area contributed by atoms with Crippen LogP contribution in [0.15, 0.2) is 48.5 Å². The zero-order chi connectivity index (χ0) is 13.0. The molecule has 2 nitrogen and oxygen atoms in total. The smallest absolute Gasteiger partial charge is 0.228 e. The van der Waals surface area contributed by atoms with E-state index in [1.807, 2.05) is 43.3 Å². The average molecular weight is 260 g/mol. The second-order valence-corrected chi connectivity index (χ2v) is 4.60. The summed E-state index contributed by atoms with van der Waals surface area (Å²) in [6.07, 6.45) is 0.353. The minimum absolute atomic E-state index is 0.0216. The highest BCUT2D eigenvalue weighted by Gasteiger charge is 2.05. The number of halogens is 1. The van der Waals surface area contributed by atoms with E-state index in [4.69, 9.17) is 11.6 Å². The molecule has 1 amide bonds. The van der Waals surface area contributed by atoms with Crippen molar-refractivity contribution in [1.82, 2.24) is 0 Å². The maximum Gasteiger partial charge on any atom is 0.228 e. The summed E-state index contributed by atoms with van der Waals surface area (Å²) in [5.41, 5.74) is 2.86. The van der Waals surface area contributed by atoms with Gasteiger partial charge in [0.05, 0.1) is 6.42 Å². The molecule has 0 saturated carbocycles. The van der Waals surface area contributed by atoms with Gasteiger partial charge in [0, 0.05) is 10.7 Å². The molecule has 3 heteroatoms. The van der Waals surface area contributed by atoms with Gasteiger partial charge in [-0.25, -0.2) is 0 Å². The van der Waals surface area contributed by atoms with Crippen molar-refractivity contribution in [3.05, 3.63) is 64.7 Å². The van der Waals surface area contributed by atoms with Gasteiger partial charge in [-0.1, -0.05) is 41.9 Å². The molecule has 0 heterocycles. The van der Waals surface area contributed by atoms with Gasteiger partial charge in [0.15, 0.2) is 0 Å². The van der Waals surface area contributed by atoms with Crippen LogP contribution in [0.1, 0.15) is 11.1 Å². The number of carbonyl (C=O) groups excluding carboxylic acids is 1. The number of hydrogen-bond donors (Lipinski definition) is 1. The number of benzene rings is 2. The summed E-state index contributed by atoms with van der Waals surface area (Å²) in [5, 5.41) is 3.58. The SMILES string of the molecule is Cc1ccccc1NC(=O)Cc1ccc(Cl)cc1. The van der Waals surface area contributed by atoms with Gasteiger partial charge in [-0.3, -0.25) is 4.79 Å². The van der Waals surface area contributed by atoms with E-state index in [1.165, 1.54) is 0 Å². The Hall–Kier alpha value is -1.80. The number of para-hydroxylation sites is 1. The normalized spacial score (nSPS) is 10.1. The molecule has 2 rings (SSSR count). The highest BCUT2D eigenvalue weighted by molar-refractivity contribution is 6.30. The Morgan fingerprint density at radius 2 is 1.78 bits per heavy atom. The Labute approximate surface area is 112 Å². The maximum atomic E-state index is 11.9. The number of anilines is 1. The van der Waals surface area contributed by atoms with Gasteiger partial charge in [0.2, 0.25) is 5.91 Å². The van der Waals surface area contributed by atoms with E-state index in [9.17, 15) is 4.79 Å². The molecule has 0 bridgehead atoms. The van der Waals surface area contributed by atoms with Gasteiger partial charge in [-0.15, -0.1) is 0 Å². The molecule has 0 aliphatic rings. The molecule has 0 radical (unpaired) electrons. The van der Waals surface area contributed by atoms with E-state index in [2.05, 4.69) is 5.32 Å². The Balaban J connectivity index is 2.01. The number of rotatable bonds is 3. The van der Waals surface area contributed by atoms with Gasteiger partial charge in [0.1, 0.15) is 0 Å². The molecule has 2 aromatic carbocycles. The molecule has 0 fully saturated rings. The highest BCUT2D eigenvalue weighted by Crippen LogP contribution is 2.14. The highest BCUT2D eigenvalue weighted by atomic mass is 35.5. The van der Waals surface area contributed by atoms with Crippen molar-refractivity contribution >= 4 is 23.2 Å². The molecule has 18 heavy (non-hydrogen) atoms. The molecule has 0 atom stereocenters. The minimum Gasteiger partial charge on any atom is -0.326 e. The quantitative estimate of drug-likeness (QED) is 0.892. The third-order valence-electron chi connectivity index (χ3n) is 2.70. The first kappa shape index (κ1) is 12.7. The third kappa shape index (κ3) is 3.34. The first-order valence-electron chi connectivity index (χ1n) is 5.75. The first-order valence-corrected chi connectivity index (χ1v) is 6.13. The van der Waals surface area contributed by atoms with Crippen LogP contribution in [0.3, 0.4) is 0 Å². The molecule has 0 aromatic heterocycles. The first-order chi connectivity index (χ1) is 8.65. The van der Waals surface area contributed by atoms with Gasteiger partial charge < -0.3 is 5.32 Å². The van der Waals surface area contributed by atoms with Crippen LogP contribution in [0, 0.1) is 6.92 Å². The molecule has 0 aliphatic heterocycles. The molecular formula is C15H14ClNO. The van der Waals surface area contributed by atoms with Crippen LogP contribution < -0.4 is 5.32 Å². The Morgan fingerprint density at radius 3 is 2.44 bits per heavy atom. The van der Waals surface area contributed by atoms with Crippen molar-refractivity contribution < 1.29 is 4.79 Å². The largest absolute Gasteiger partial charge is 0.326 e. The van der Waals surface area contributed by atoms with E-state index < -0.39 is 0 Å². The monoisotopic (exact) mass is 259 g/mol. The molecule has 2 aromatic rings. The molecule has 1 N–H and O–H groups in total. The summed E-state index contributed by atoms with van der Waals surface area (Å²) in [5.74, 6) is -0.0216. The fraction of sp³-hybridized carbons (Fsp3) is 0.133. The van der Waals surface area contributed by atoms with Crippen LogP contribution in [0.4, 0.5) is 5.69 Å². The van der Waals surface area contributed by atoms with Gasteiger partial charge in [0.25, 0.3) is 0 Å². The Morgan fingerprint density at radius 1 is 1.11 bits per heavy atom. The topological polar surface area (TPSA) is 29.1 Å². The van der Waals surface area contributed by atoms with Crippen molar-refractivity contribution in [3.8, 4) is 0 Å². The lowest BCUT2D eigenvalue weighted by Crippen LogP contribution is -2.14. The van der Waals surface area contributed by atoms with Crippen LogP contribution in [0.25, 0.3) is 0 Å². The van der Waals surface area contributed by atoms with E-state index in [-0.39, 0.29) is 5.91 Å². The molecule has 0 aliphatic carbocycles. The standard InChI is InChI=1S/C15H14ClNO/c1-11-4-2-3-5-14(11)17-15(18)10-12-6-8-13(16)9-7-12/h2-9H,10H2,1H3,(H,17,18). The van der Waals surface area contributed by atoms with Crippen molar-refractivity contribution in [2.24, 2.45) is 0 Å². The lowest BCUT2D eigenvalue weighted by molar-refractivity contribution is -0.115. The summed E-state index contributed by atoms with van der Waals surface area (Å²) in [4.78, 5) is 11.9. The number of nitrogens with one attached hydrogen (secondary N) is 1. The number of carbonyl (C=O) groups is 1. The molecule has 0 spiro atoms. The summed E-state index contributed by atoms with van der Waals surface area (Å²) in [7, 11) is 0. The van der Waals surface area contributed by atoms with Crippen molar-refractivity contribution in [3.63, 3.8) is 0 Å². The van der Waals surface area contributed by atoms with Gasteiger partial charge in [-0.2, -0.15) is 0 Å². The zero-order valence-corrected chi connectivity index (χ0v) is 10.9. The summed E-state index contributed by atoms with van der Waals surface area (Å²) in [6.45, 7) is 1.97. The van der Waals surface area contributed by atoms with E-state index in [0.29, 0.717) is 11.4 Å². The Bertz CT molecular complexity index is 549. The lowest BCUT2D eigenvalue weighted by atomic mass is 10.1. The van der Waals surface area contributed by atoms with Crippen molar-refractivity contribution in [1.29, 1.82) is 0 Å². The van der Waals surface area contributed by atoms with Crippen molar-refractivity contribution in [2.45, 2.75) is 13.3 Å². The number of hydrogen-bond acceptors (Lipinski definition) is 1. The van der Waals surface area contributed by atoms with Crippen LogP contribution in [-0.2, 0) is 11.2 Å². The van der Waals surface area contributed by atoms with Crippen LogP contribution in [-0.4, -0.2) is 5.91 Å². The van der Waals surface area contributed by atoms with E-state index in [1.54, 1.807) is 12.1 Å². The second kappa shape index (κ2) is 5.69. The average Bonchev–Trinajstić information content (AvgIpc) is 2.35. The molecule has 0 saturated heterocycles. The number of amides is 1. The number of aryl methyl sites for hydroxylation is 1. The second-order valence-electron chi connectivity index (χ2n) is 4.17. The summed E-state index contributed by atoms with van der Waals surface area (Å²) >= 11 is 5.80. The molecular weight excluding hydrogens is 246 g/mol. The predicted molar refractivity (Wildman–Crippen MR) is 75.0 cm³/mol. The van der Waals surface area contributed by atoms with Crippen LogP contribution in [0.2, 0.25) is 5.02 Å². The predicted octanol–water partition coefficient (Wildman–Crippen LogP) is 3.83. The van der Waals surface area contributed by atoms with Crippen molar-refractivity contribution in [2.75, 3.05) is 5.32 Å². The fourth-order valence-electron chi connectivity index (χ4n) is 1.70. The lowest BCUT2D eigenvalue weighted by Gasteiger charge is -2.08. The maximum absolute atomic E-state index is 11.9. The van der Waals surface area contributed by atoms with E-state index >= 15 is 0 Å². The van der Waals surface area contributed by atoms with Gasteiger partial charge >= 0.3 is 0 Å². The van der Waals surface area contributed by atoms with Gasteiger partial charge in [-0.05, 0) is 36.2 Å². The fourth-order valence-corrected chi connectivity index (χ4v) is 1.82. The molecule has 92 valence electrons. The molecule has 0 unspecified atom stereocenters. The Kier molecular flexibility index (Phi) is 4.00.